The summed E-state index contributed by atoms with van der Waals surface area (Å²) in [5, 5.41) is 3.76. The van der Waals surface area contributed by atoms with Crippen molar-refractivity contribution in [2.75, 3.05) is 13.6 Å². The molecule has 1 saturated heterocycles. The molecule has 3 atom stereocenters. The Hall–Kier alpha value is -1.58. The second-order valence-electron chi connectivity index (χ2n) is 5.75. The molecule has 2 heterocycles. The van der Waals surface area contributed by atoms with E-state index in [2.05, 4.69) is 48.5 Å². The van der Waals surface area contributed by atoms with Gasteiger partial charge in [-0.15, -0.1) is 0 Å². The number of hydrogen-bond donors (Lipinski definition) is 1. The standard InChI is InChI=1S/C17H22N2O/c1-13-11-15(12-19(13)2)18-17(16-9-6-10-20-16)14-7-4-3-5-8-14/h3-10,13,15,17-18H,11-12H2,1-2H3. The van der Waals surface area contributed by atoms with E-state index in [1.807, 2.05) is 18.2 Å². The zero-order chi connectivity index (χ0) is 13.9. The molecule has 3 nitrogen and oxygen atoms in total. The van der Waals surface area contributed by atoms with E-state index in [0.717, 1.165) is 12.3 Å². The molecule has 1 aromatic heterocycles. The summed E-state index contributed by atoms with van der Waals surface area (Å²) < 4.78 is 5.64. The number of nitrogens with zero attached hydrogens (tertiary/aromatic N) is 1. The van der Waals surface area contributed by atoms with E-state index in [4.69, 9.17) is 4.42 Å². The van der Waals surface area contributed by atoms with Crippen LogP contribution >= 0.6 is 0 Å². The molecule has 1 aromatic carbocycles. The lowest BCUT2D eigenvalue weighted by molar-refractivity contribution is 0.324. The van der Waals surface area contributed by atoms with Crippen molar-refractivity contribution in [3.05, 3.63) is 60.1 Å². The molecule has 1 N–H and O–H groups in total. The van der Waals surface area contributed by atoms with Crippen LogP contribution in [0.1, 0.15) is 30.7 Å². The van der Waals surface area contributed by atoms with E-state index in [1.165, 1.54) is 12.0 Å². The fourth-order valence-electron chi connectivity index (χ4n) is 2.99. The van der Waals surface area contributed by atoms with Gasteiger partial charge in [0.1, 0.15) is 5.76 Å². The molecule has 0 amide bonds. The van der Waals surface area contributed by atoms with Gasteiger partial charge in [-0.2, -0.15) is 0 Å². The molecule has 1 aliphatic heterocycles. The Bertz CT molecular complexity index is 513. The largest absolute Gasteiger partial charge is 0.467 e. The first-order chi connectivity index (χ1) is 9.74. The highest BCUT2D eigenvalue weighted by atomic mass is 16.3. The lowest BCUT2D eigenvalue weighted by Gasteiger charge is -2.21. The van der Waals surface area contributed by atoms with Crippen molar-refractivity contribution >= 4 is 0 Å². The van der Waals surface area contributed by atoms with Crippen LogP contribution in [0, 0.1) is 0 Å². The minimum atomic E-state index is 0.134. The van der Waals surface area contributed by atoms with Gasteiger partial charge in [0, 0.05) is 18.6 Å². The summed E-state index contributed by atoms with van der Waals surface area (Å²) >= 11 is 0. The predicted octanol–water partition coefficient (Wildman–Crippen LogP) is 3.05. The number of hydrogen-bond acceptors (Lipinski definition) is 3. The topological polar surface area (TPSA) is 28.4 Å². The fraction of sp³-hybridized carbons (Fsp3) is 0.412. The lowest BCUT2D eigenvalue weighted by atomic mass is 10.0. The molecule has 3 heteroatoms. The van der Waals surface area contributed by atoms with Crippen molar-refractivity contribution in [3.63, 3.8) is 0 Å². The maximum Gasteiger partial charge on any atom is 0.125 e. The zero-order valence-corrected chi connectivity index (χ0v) is 12.1. The highest BCUT2D eigenvalue weighted by Crippen LogP contribution is 2.25. The molecular weight excluding hydrogens is 248 g/mol. The molecular formula is C17H22N2O. The molecule has 2 aromatic rings. The molecule has 106 valence electrons. The molecule has 3 unspecified atom stereocenters. The van der Waals surface area contributed by atoms with Crippen molar-refractivity contribution in [2.24, 2.45) is 0 Å². The third kappa shape index (κ3) is 2.79. The van der Waals surface area contributed by atoms with Gasteiger partial charge < -0.3 is 9.32 Å². The van der Waals surface area contributed by atoms with Crippen LogP contribution in [0.4, 0.5) is 0 Å². The van der Waals surface area contributed by atoms with Crippen LogP contribution in [-0.2, 0) is 0 Å². The number of furan rings is 1. The first-order valence-electron chi connectivity index (χ1n) is 7.28. The van der Waals surface area contributed by atoms with Gasteiger partial charge >= 0.3 is 0 Å². The predicted molar refractivity (Wildman–Crippen MR) is 80.6 cm³/mol. The Kier molecular flexibility index (Phi) is 3.90. The average molecular weight is 270 g/mol. The molecule has 0 saturated carbocycles. The van der Waals surface area contributed by atoms with Gasteiger partial charge in [-0.1, -0.05) is 30.3 Å². The van der Waals surface area contributed by atoms with Crippen molar-refractivity contribution in [2.45, 2.75) is 31.5 Å². The van der Waals surface area contributed by atoms with Crippen molar-refractivity contribution in [3.8, 4) is 0 Å². The van der Waals surface area contributed by atoms with E-state index in [0.29, 0.717) is 12.1 Å². The van der Waals surface area contributed by atoms with Crippen molar-refractivity contribution < 1.29 is 4.42 Å². The van der Waals surface area contributed by atoms with Gasteiger partial charge in [0.2, 0.25) is 0 Å². The SMILES string of the molecule is CC1CC(NC(c2ccccc2)c2ccco2)CN1C. The van der Waals surface area contributed by atoms with Crippen molar-refractivity contribution in [1.82, 2.24) is 10.2 Å². The summed E-state index contributed by atoms with van der Waals surface area (Å²) in [5.41, 5.74) is 1.25. The van der Waals surface area contributed by atoms with Gasteiger partial charge in [0.25, 0.3) is 0 Å². The minimum Gasteiger partial charge on any atom is -0.467 e. The second-order valence-corrected chi connectivity index (χ2v) is 5.75. The van der Waals surface area contributed by atoms with Gasteiger partial charge in [-0.3, -0.25) is 5.32 Å². The molecule has 1 aliphatic rings. The van der Waals surface area contributed by atoms with Crippen molar-refractivity contribution in [1.29, 1.82) is 0 Å². The van der Waals surface area contributed by atoms with Crippen LogP contribution in [0.2, 0.25) is 0 Å². The van der Waals surface area contributed by atoms with E-state index in [1.54, 1.807) is 6.26 Å². The average Bonchev–Trinajstić information content (AvgIpc) is 3.08. The summed E-state index contributed by atoms with van der Waals surface area (Å²) in [6, 6.07) is 15.8. The van der Waals surface area contributed by atoms with Gasteiger partial charge in [-0.25, -0.2) is 0 Å². The van der Waals surface area contributed by atoms with Gasteiger partial charge in [-0.05, 0) is 38.1 Å². The third-order valence-electron chi connectivity index (χ3n) is 4.25. The summed E-state index contributed by atoms with van der Waals surface area (Å²) in [5.74, 6) is 0.985. The smallest absolute Gasteiger partial charge is 0.125 e. The second kappa shape index (κ2) is 5.81. The Morgan fingerprint density at radius 3 is 2.60 bits per heavy atom. The van der Waals surface area contributed by atoms with Crippen LogP contribution < -0.4 is 5.32 Å². The molecule has 0 aliphatic carbocycles. The quantitative estimate of drug-likeness (QED) is 0.925. The maximum atomic E-state index is 5.64. The first kappa shape index (κ1) is 13.4. The number of nitrogens with one attached hydrogen (secondary N) is 1. The Morgan fingerprint density at radius 1 is 1.20 bits per heavy atom. The summed E-state index contributed by atoms with van der Waals surface area (Å²) in [6.45, 7) is 3.37. The van der Waals surface area contributed by atoms with E-state index in [9.17, 15) is 0 Å². The fourth-order valence-corrected chi connectivity index (χ4v) is 2.99. The first-order valence-corrected chi connectivity index (χ1v) is 7.28. The normalized spacial score (nSPS) is 24.9. The van der Waals surface area contributed by atoms with E-state index in [-0.39, 0.29) is 6.04 Å². The highest BCUT2D eigenvalue weighted by Gasteiger charge is 2.29. The molecule has 0 radical (unpaired) electrons. The summed E-state index contributed by atoms with van der Waals surface area (Å²) in [6.07, 6.45) is 2.93. The highest BCUT2D eigenvalue weighted by molar-refractivity contribution is 5.26. The van der Waals surface area contributed by atoms with Crippen LogP contribution in [0.5, 0.6) is 0 Å². The molecule has 3 rings (SSSR count). The third-order valence-corrected chi connectivity index (χ3v) is 4.25. The van der Waals surface area contributed by atoms with Gasteiger partial charge in [0.05, 0.1) is 12.3 Å². The Morgan fingerprint density at radius 2 is 2.00 bits per heavy atom. The number of likely N-dealkylation sites (tertiary alicyclic amines) is 1. The van der Waals surface area contributed by atoms with Crippen LogP contribution in [0.25, 0.3) is 0 Å². The monoisotopic (exact) mass is 270 g/mol. The number of rotatable bonds is 4. The molecule has 0 spiro atoms. The molecule has 0 bridgehead atoms. The minimum absolute atomic E-state index is 0.134. The zero-order valence-electron chi connectivity index (χ0n) is 12.1. The Balaban J connectivity index is 1.80. The van der Waals surface area contributed by atoms with E-state index >= 15 is 0 Å². The lowest BCUT2D eigenvalue weighted by Crippen LogP contribution is -2.35. The number of likely N-dealkylation sites (N-methyl/N-ethyl adjacent to an activating group) is 1. The summed E-state index contributed by atoms with van der Waals surface area (Å²) in [4.78, 5) is 2.40. The summed E-state index contributed by atoms with van der Waals surface area (Å²) in [7, 11) is 2.19. The molecule has 20 heavy (non-hydrogen) atoms. The maximum absolute atomic E-state index is 5.64. The van der Waals surface area contributed by atoms with Crippen LogP contribution in [0.15, 0.2) is 53.1 Å². The molecule has 1 fully saturated rings. The van der Waals surface area contributed by atoms with E-state index < -0.39 is 0 Å². The van der Waals surface area contributed by atoms with Gasteiger partial charge in [0.15, 0.2) is 0 Å². The number of benzene rings is 1. The van der Waals surface area contributed by atoms with Crippen LogP contribution in [0.3, 0.4) is 0 Å². The Labute approximate surface area is 120 Å². The van der Waals surface area contributed by atoms with Crippen LogP contribution in [-0.4, -0.2) is 30.6 Å².